The third kappa shape index (κ3) is 1.90. The summed E-state index contributed by atoms with van der Waals surface area (Å²) in [5.74, 6) is 0. The average molecular weight is 211 g/mol. The predicted octanol–water partition coefficient (Wildman–Crippen LogP) is 2.84. The lowest BCUT2D eigenvalue weighted by Gasteiger charge is -2.41. The maximum atomic E-state index is 4.07. The summed E-state index contributed by atoms with van der Waals surface area (Å²) in [6.45, 7) is 5.34. The van der Waals surface area contributed by atoms with E-state index in [-0.39, 0.29) is 0 Å². The van der Waals surface area contributed by atoms with Crippen molar-refractivity contribution >= 4 is 16.5 Å². The SMILES string of the molecule is CCC1(CNc2nnc(C)s2)CCC1. The monoisotopic (exact) mass is 211 g/mol. The Morgan fingerprint density at radius 2 is 2.21 bits per heavy atom. The van der Waals surface area contributed by atoms with E-state index in [2.05, 4.69) is 22.4 Å². The molecule has 1 heterocycles. The Bertz CT molecular complexity index is 299. The van der Waals surface area contributed by atoms with Crippen molar-refractivity contribution in [1.29, 1.82) is 0 Å². The summed E-state index contributed by atoms with van der Waals surface area (Å²) in [5, 5.41) is 13.5. The molecule has 0 aliphatic heterocycles. The topological polar surface area (TPSA) is 37.8 Å². The van der Waals surface area contributed by atoms with Crippen molar-refractivity contribution in [2.75, 3.05) is 11.9 Å². The van der Waals surface area contributed by atoms with Gasteiger partial charge in [-0.1, -0.05) is 24.7 Å². The molecule has 1 aliphatic carbocycles. The van der Waals surface area contributed by atoms with Crippen LogP contribution in [-0.2, 0) is 0 Å². The summed E-state index contributed by atoms with van der Waals surface area (Å²) in [4.78, 5) is 0. The van der Waals surface area contributed by atoms with Crippen molar-refractivity contribution in [3.63, 3.8) is 0 Å². The minimum absolute atomic E-state index is 0.555. The van der Waals surface area contributed by atoms with Crippen LogP contribution in [0, 0.1) is 12.3 Å². The fourth-order valence-corrected chi connectivity index (χ4v) is 2.55. The van der Waals surface area contributed by atoms with E-state index in [0.29, 0.717) is 5.41 Å². The zero-order chi connectivity index (χ0) is 10.0. The Kier molecular flexibility index (Phi) is 2.72. The summed E-state index contributed by atoms with van der Waals surface area (Å²) in [7, 11) is 0. The van der Waals surface area contributed by atoms with Crippen LogP contribution in [0.2, 0.25) is 0 Å². The van der Waals surface area contributed by atoms with Crippen molar-refractivity contribution in [1.82, 2.24) is 10.2 Å². The largest absolute Gasteiger partial charge is 0.360 e. The lowest BCUT2D eigenvalue weighted by molar-refractivity contribution is 0.145. The first kappa shape index (κ1) is 9.90. The molecule has 0 amide bonds. The van der Waals surface area contributed by atoms with Crippen molar-refractivity contribution in [3.8, 4) is 0 Å². The minimum atomic E-state index is 0.555. The Hall–Kier alpha value is -0.640. The normalized spacial score (nSPS) is 19.0. The highest BCUT2D eigenvalue weighted by atomic mass is 32.1. The lowest BCUT2D eigenvalue weighted by Crippen LogP contribution is -2.35. The molecule has 1 saturated carbocycles. The van der Waals surface area contributed by atoms with Crippen LogP contribution in [0.5, 0.6) is 0 Å². The van der Waals surface area contributed by atoms with Gasteiger partial charge in [0, 0.05) is 6.54 Å². The van der Waals surface area contributed by atoms with Crippen LogP contribution in [0.25, 0.3) is 0 Å². The summed E-state index contributed by atoms with van der Waals surface area (Å²) in [6, 6.07) is 0. The molecule has 3 nitrogen and oxygen atoms in total. The Balaban J connectivity index is 1.87. The highest BCUT2D eigenvalue weighted by molar-refractivity contribution is 7.15. The molecule has 1 aromatic rings. The first-order chi connectivity index (χ1) is 6.74. The van der Waals surface area contributed by atoms with Crippen molar-refractivity contribution in [3.05, 3.63) is 5.01 Å². The molecule has 0 atom stereocenters. The van der Waals surface area contributed by atoms with Crippen molar-refractivity contribution in [2.24, 2.45) is 5.41 Å². The molecule has 14 heavy (non-hydrogen) atoms. The maximum absolute atomic E-state index is 4.07. The quantitative estimate of drug-likeness (QED) is 0.832. The second kappa shape index (κ2) is 3.85. The third-order valence-corrected chi connectivity index (χ3v) is 4.10. The zero-order valence-electron chi connectivity index (χ0n) is 8.84. The number of aromatic nitrogens is 2. The van der Waals surface area contributed by atoms with Crippen LogP contribution in [0.4, 0.5) is 5.13 Å². The molecule has 4 heteroatoms. The molecule has 0 aromatic carbocycles. The maximum Gasteiger partial charge on any atom is 0.205 e. The van der Waals surface area contributed by atoms with Gasteiger partial charge in [0.1, 0.15) is 5.01 Å². The number of hydrogen-bond donors (Lipinski definition) is 1. The van der Waals surface area contributed by atoms with Gasteiger partial charge in [-0.15, -0.1) is 10.2 Å². The Morgan fingerprint density at radius 1 is 1.43 bits per heavy atom. The number of anilines is 1. The standard InChI is InChI=1S/C10H17N3S/c1-3-10(5-4-6-10)7-11-9-13-12-8(2)14-9/h3-7H2,1-2H3,(H,11,13). The van der Waals surface area contributed by atoms with Gasteiger partial charge in [0.25, 0.3) is 0 Å². The van der Waals surface area contributed by atoms with E-state index >= 15 is 0 Å². The van der Waals surface area contributed by atoms with E-state index in [1.807, 2.05) is 6.92 Å². The van der Waals surface area contributed by atoms with E-state index in [1.165, 1.54) is 25.7 Å². The second-order valence-electron chi connectivity index (χ2n) is 4.19. The molecule has 1 fully saturated rings. The third-order valence-electron chi connectivity index (χ3n) is 3.30. The van der Waals surface area contributed by atoms with Gasteiger partial charge in [-0.25, -0.2) is 0 Å². The van der Waals surface area contributed by atoms with Gasteiger partial charge in [0.05, 0.1) is 0 Å². The number of nitrogens with one attached hydrogen (secondary N) is 1. The van der Waals surface area contributed by atoms with Crippen LogP contribution in [-0.4, -0.2) is 16.7 Å². The minimum Gasteiger partial charge on any atom is -0.360 e. The molecule has 1 N–H and O–H groups in total. The summed E-state index contributed by atoms with van der Waals surface area (Å²) >= 11 is 1.64. The Morgan fingerprint density at radius 3 is 2.64 bits per heavy atom. The van der Waals surface area contributed by atoms with Crippen LogP contribution in [0.3, 0.4) is 0 Å². The molecule has 1 aromatic heterocycles. The van der Waals surface area contributed by atoms with E-state index in [1.54, 1.807) is 11.3 Å². The van der Waals surface area contributed by atoms with Crippen LogP contribution in [0.15, 0.2) is 0 Å². The lowest BCUT2D eigenvalue weighted by atomic mass is 9.67. The fourth-order valence-electron chi connectivity index (χ4n) is 1.96. The second-order valence-corrected chi connectivity index (χ2v) is 5.37. The number of aryl methyl sites for hydroxylation is 1. The highest BCUT2D eigenvalue weighted by Crippen LogP contribution is 2.43. The molecule has 0 radical (unpaired) electrons. The molecule has 1 aliphatic rings. The van der Waals surface area contributed by atoms with Gasteiger partial charge < -0.3 is 5.32 Å². The van der Waals surface area contributed by atoms with E-state index < -0.39 is 0 Å². The predicted molar refractivity (Wildman–Crippen MR) is 59.7 cm³/mol. The molecule has 0 unspecified atom stereocenters. The summed E-state index contributed by atoms with van der Waals surface area (Å²) < 4.78 is 0. The molecule has 2 rings (SSSR count). The first-order valence-corrected chi connectivity index (χ1v) is 6.10. The van der Waals surface area contributed by atoms with Crippen LogP contribution in [0.1, 0.15) is 37.6 Å². The average Bonchev–Trinajstić information content (AvgIpc) is 2.50. The van der Waals surface area contributed by atoms with E-state index in [4.69, 9.17) is 0 Å². The molecule has 0 saturated heterocycles. The van der Waals surface area contributed by atoms with Gasteiger partial charge in [-0.05, 0) is 31.6 Å². The van der Waals surface area contributed by atoms with Crippen molar-refractivity contribution < 1.29 is 0 Å². The van der Waals surface area contributed by atoms with Crippen LogP contribution < -0.4 is 5.32 Å². The van der Waals surface area contributed by atoms with Crippen molar-refractivity contribution in [2.45, 2.75) is 39.5 Å². The molecular formula is C10H17N3S. The molecular weight excluding hydrogens is 194 g/mol. The Labute approximate surface area is 88.9 Å². The zero-order valence-corrected chi connectivity index (χ0v) is 9.65. The van der Waals surface area contributed by atoms with Gasteiger partial charge in [-0.3, -0.25) is 0 Å². The number of hydrogen-bond acceptors (Lipinski definition) is 4. The van der Waals surface area contributed by atoms with Gasteiger partial charge >= 0.3 is 0 Å². The number of nitrogens with zero attached hydrogens (tertiary/aromatic N) is 2. The van der Waals surface area contributed by atoms with Gasteiger partial charge in [0.2, 0.25) is 5.13 Å². The fraction of sp³-hybridized carbons (Fsp3) is 0.800. The molecule has 0 spiro atoms. The smallest absolute Gasteiger partial charge is 0.205 e. The van der Waals surface area contributed by atoms with Gasteiger partial charge in [-0.2, -0.15) is 0 Å². The van der Waals surface area contributed by atoms with E-state index in [9.17, 15) is 0 Å². The molecule has 78 valence electrons. The summed E-state index contributed by atoms with van der Waals surface area (Å²) in [6.07, 6.45) is 5.41. The number of rotatable bonds is 4. The molecule has 0 bridgehead atoms. The highest BCUT2D eigenvalue weighted by Gasteiger charge is 2.34. The summed E-state index contributed by atoms with van der Waals surface area (Å²) in [5.41, 5.74) is 0.555. The van der Waals surface area contributed by atoms with Crippen LogP contribution >= 0.6 is 11.3 Å². The van der Waals surface area contributed by atoms with E-state index in [0.717, 1.165) is 16.7 Å². The van der Waals surface area contributed by atoms with Gasteiger partial charge in [0.15, 0.2) is 0 Å². The first-order valence-electron chi connectivity index (χ1n) is 5.28.